The van der Waals surface area contributed by atoms with E-state index in [0.29, 0.717) is 5.16 Å². The molecule has 0 saturated carbocycles. The van der Waals surface area contributed by atoms with E-state index in [-0.39, 0.29) is 5.75 Å². The van der Waals surface area contributed by atoms with Crippen molar-refractivity contribution >= 4 is 17.7 Å². The zero-order valence-corrected chi connectivity index (χ0v) is 12.0. The minimum absolute atomic E-state index is 0.0133. The monoisotopic (exact) mass is 292 g/mol. The van der Waals surface area contributed by atoms with E-state index in [1.54, 1.807) is 12.4 Å². The first-order valence-electron chi connectivity index (χ1n) is 6.40. The molecular weight excluding hydrogens is 276 g/mol. The van der Waals surface area contributed by atoms with E-state index in [1.807, 2.05) is 16.7 Å². The van der Waals surface area contributed by atoms with Gasteiger partial charge in [-0.2, -0.15) is 0 Å². The van der Waals surface area contributed by atoms with E-state index in [1.165, 1.54) is 11.8 Å². The number of aliphatic carboxylic acids is 1. The Bertz CT molecular complexity index is 571. The summed E-state index contributed by atoms with van der Waals surface area (Å²) in [6, 6.07) is 3.75. The molecule has 2 aromatic heterocycles. The van der Waals surface area contributed by atoms with E-state index in [9.17, 15) is 4.79 Å². The largest absolute Gasteiger partial charge is 0.481 e. The number of pyridine rings is 1. The number of rotatable bonds is 7. The molecule has 0 spiro atoms. The van der Waals surface area contributed by atoms with Gasteiger partial charge < -0.3 is 9.67 Å². The highest BCUT2D eigenvalue weighted by atomic mass is 32.2. The maximum atomic E-state index is 10.7. The Morgan fingerprint density at radius 1 is 1.35 bits per heavy atom. The average Bonchev–Trinajstić information content (AvgIpc) is 2.86. The van der Waals surface area contributed by atoms with Crippen molar-refractivity contribution < 1.29 is 9.90 Å². The van der Waals surface area contributed by atoms with E-state index < -0.39 is 5.97 Å². The predicted molar refractivity (Wildman–Crippen MR) is 76.5 cm³/mol. The van der Waals surface area contributed by atoms with Crippen LogP contribution in [0.25, 0.3) is 11.4 Å². The van der Waals surface area contributed by atoms with Crippen molar-refractivity contribution in [3.05, 3.63) is 24.5 Å². The standard InChI is InChI=1S/C13H16N4O2S/c1-2-3-8-17-12(10-4-6-14-7-5-10)15-16-13(17)20-9-11(18)19/h4-7H,2-3,8-9H2,1H3,(H,18,19). The molecule has 2 heterocycles. The predicted octanol–water partition coefficient (Wildman–Crippen LogP) is 2.32. The van der Waals surface area contributed by atoms with E-state index >= 15 is 0 Å². The van der Waals surface area contributed by atoms with Gasteiger partial charge in [-0.25, -0.2) is 0 Å². The fraction of sp³-hybridized carbons (Fsp3) is 0.385. The normalized spacial score (nSPS) is 10.7. The Morgan fingerprint density at radius 3 is 2.75 bits per heavy atom. The molecule has 0 aliphatic heterocycles. The van der Waals surface area contributed by atoms with Crippen LogP contribution in [-0.4, -0.2) is 36.6 Å². The van der Waals surface area contributed by atoms with E-state index in [2.05, 4.69) is 22.1 Å². The molecule has 0 aromatic carbocycles. The van der Waals surface area contributed by atoms with Crippen molar-refractivity contribution in [3.8, 4) is 11.4 Å². The van der Waals surface area contributed by atoms with Gasteiger partial charge in [0.1, 0.15) is 0 Å². The van der Waals surface area contributed by atoms with Gasteiger partial charge in [-0.05, 0) is 18.6 Å². The van der Waals surface area contributed by atoms with E-state index in [0.717, 1.165) is 30.8 Å². The quantitative estimate of drug-likeness (QED) is 0.789. The van der Waals surface area contributed by atoms with Gasteiger partial charge in [0.05, 0.1) is 5.75 Å². The number of carboxylic acids is 1. The number of unbranched alkanes of at least 4 members (excludes halogenated alkanes) is 1. The lowest BCUT2D eigenvalue weighted by atomic mass is 10.2. The third-order valence-corrected chi connectivity index (χ3v) is 3.67. The average molecular weight is 292 g/mol. The molecule has 2 rings (SSSR count). The van der Waals surface area contributed by atoms with Gasteiger partial charge in [-0.3, -0.25) is 9.78 Å². The van der Waals surface area contributed by atoms with Gasteiger partial charge >= 0.3 is 5.97 Å². The molecule has 7 heteroatoms. The maximum absolute atomic E-state index is 10.7. The maximum Gasteiger partial charge on any atom is 0.313 e. The molecule has 0 unspecified atom stereocenters. The van der Waals surface area contributed by atoms with Crippen LogP contribution in [0.4, 0.5) is 0 Å². The summed E-state index contributed by atoms with van der Waals surface area (Å²) < 4.78 is 1.98. The number of hydrogen-bond donors (Lipinski definition) is 1. The molecule has 0 saturated heterocycles. The first kappa shape index (κ1) is 14.5. The lowest BCUT2D eigenvalue weighted by Crippen LogP contribution is -2.05. The van der Waals surface area contributed by atoms with Crippen LogP contribution in [0.5, 0.6) is 0 Å². The van der Waals surface area contributed by atoms with Crippen molar-refractivity contribution in [2.75, 3.05) is 5.75 Å². The van der Waals surface area contributed by atoms with Gasteiger partial charge in [0, 0.05) is 24.5 Å². The molecule has 0 bridgehead atoms. The zero-order valence-electron chi connectivity index (χ0n) is 11.2. The second-order valence-corrected chi connectivity index (χ2v) is 5.17. The third-order valence-electron chi connectivity index (χ3n) is 2.72. The Balaban J connectivity index is 2.29. The molecule has 20 heavy (non-hydrogen) atoms. The summed E-state index contributed by atoms with van der Waals surface area (Å²) in [4.78, 5) is 14.7. The van der Waals surface area contributed by atoms with Crippen LogP contribution in [0, 0.1) is 0 Å². The molecule has 0 amide bonds. The molecule has 106 valence electrons. The van der Waals surface area contributed by atoms with Crippen LogP contribution in [0.2, 0.25) is 0 Å². The Hall–Kier alpha value is -1.89. The fourth-order valence-electron chi connectivity index (χ4n) is 1.75. The summed E-state index contributed by atoms with van der Waals surface area (Å²) in [6.07, 6.45) is 5.46. The van der Waals surface area contributed by atoms with Crippen LogP contribution < -0.4 is 0 Å². The summed E-state index contributed by atoms with van der Waals surface area (Å²) in [5.74, 6) is -0.111. The summed E-state index contributed by atoms with van der Waals surface area (Å²) in [5, 5.41) is 17.7. The molecule has 2 aromatic rings. The van der Waals surface area contributed by atoms with Crippen molar-refractivity contribution in [1.29, 1.82) is 0 Å². The molecule has 1 N–H and O–H groups in total. The lowest BCUT2D eigenvalue weighted by molar-refractivity contribution is -0.133. The summed E-state index contributed by atoms with van der Waals surface area (Å²) in [5.41, 5.74) is 0.936. The summed E-state index contributed by atoms with van der Waals surface area (Å²) in [7, 11) is 0. The van der Waals surface area contributed by atoms with E-state index in [4.69, 9.17) is 5.11 Å². The zero-order chi connectivity index (χ0) is 14.4. The Morgan fingerprint density at radius 2 is 2.10 bits per heavy atom. The fourth-order valence-corrected chi connectivity index (χ4v) is 2.44. The van der Waals surface area contributed by atoms with Crippen molar-refractivity contribution in [1.82, 2.24) is 19.7 Å². The highest BCUT2D eigenvalue weighted by Gasteiger charge is 2.14. The van der Waals surface area contributed by atoms with Crippen LogP contribution in [0.1, 0.15) is 19.8 Å². The van der Waals surface area contributed by atoms with Gasteiger partial charge in [-0.15, -0.1) is 10.2 Å². The molecular formula is C13H16N4O2S. The number of aromatic nitrogens is 4. The molecule has 0 fully saturated rings. The second kappa shape index (κ2) is 7.04. The first-order valence-corrected chi connectivity index (χ1v) is 7.39. The van der Waals surface area contributed by atoms with Crippen LogP contribution >= 0.6 is 11.8 Å². The number of carbonyl (C=O) groups is 1. The SMILES string of the molecule is CCCCn1c(SCC(=O)O)nnc1-c1ccncc1. The third kappa shape index (κ3) is 3.57. The molecule has 0 atom stereocenters. The number of carboxylic acid groups (broad SMARTS) is 1. The summed E-state index contributed by atoms with van der Waals surface area (Å²) >= 11 is 1.20. The van der Waals surface area contributed by atoms with Gasteiger partial charge in [0.15, 0.2) is 11.0 Å². The van der Waals surface area contributed by atoms with Gasteiger partial charge in [0.2, 0.25) is 0 Å². The highest BCUT2D eigenvalue weighted by Crippen LogP contribution is 2.24. The van der Waals surface area contributed by atoms with Crippen molar-refractivity contribution in [3.63, 3.8) is 0 Å². The minimum Gasteiger partial charge on any atom is -0.481 e. The molecule has 6 nitrogen and oxygen atoms in total. The summed E-state index contributed by atoms with van der Waals surface area (Å²) in [6.45, 7) is 2.89. The Kier molecular flexibility index (Phi) is 5.11. The van der Waals surface area contributed by atoms with Gasteiger partial charge in [-0.1, -0.05) is 25.1 Å². The smallest absolute Gasteiger partial charge is 0.313 e. The number of hydrogen-bond acceptors (Lipinski definition) is 5. The Labute approximate surface area is 121 Å². The first-order chi connectivity index (χ1) is 9.72. The van der Waals surface area contributed by atoms with Crippen LogP contribution in [0.15, 0.2) is 29.7 Å². The van der Waals surface area contributed by atoms with Gasteiger partial charge in [0.25, 0.3) is 0 Å². The topological polar surface area (TPSA) is 80.9 Å². The van der Waals surface area contributed by atoms with Crippen LogP contribution in [0.3, 0.4) is 0 Å². The molecule has 0 radical (unpaired) electrons. The highest BCUT2D eigenvalue weighted by molar-refractivity contribution is 7.99. The number of nitrogens with zero attached hydrogens (tertiary/aromatic N) is 4. The number of thioether (sulfide) groups is 1. The second-order valence-electron chi connectivity index (χ2n) is 4.23. The van der Waals surface area contributed by atoms with Crippen molar-refractivity contribution in [2.45, 2.75) is 31.5 Å². The molecule has 0 aliphatic carbocycles. The minimum atomic E-state index is -0.856. The van der Waals surface area contributed by atoms with Crippen LogP contribution in [-0.2, 0) is 11.3 Å². The molecule has 0 aliphatic rings. The van der Waals surface area contributed by atoms with Crippen molar-refractivity contribution in [2.24, 2.45) is 0 Å². The lowest BCUT2D eigenvalue weighted by Gasteiger charge is -2.08.